The summed E-state index contributed by atoms with van der Waals surface area (Å²) in [6.45, 7) is 1.43. The molecule has 0 bridgehead atoms. The lowest BCUT2D eigenvalue weighted by Gasteiger charge is -2.16. The molecule has 0 aromatic rings. The first-order valence-corrected chi connectivity index (χ1v) is 2.98. The Morgan fingerprint density at radius 3 is 2.89 bits per heavy atom. The van der Waals surface area contributed by atoms with Crippen molar-refractivity contribution in [3.63, 3.8) is 0 Å². The van der Waals surface area contributed by atoms with E-state index in [0.29, 0.717) is 6.61 Å². The van der Waals surface area contributed by atoms with Crippen molar-refractivity contribution < 1.29 is 20.0 Å². The molecule has 0 radical (unpaired) electrons. The third-order valence-corrected chi connectivity index (χ3v) is 1.27. The number of quaternary nitrogens is 1. The van der Waals surface area contributed by atoms with Crippen LogP contribution in [0.5, 0.6) is 0 Å². The molecule has 0 aromatic carbocycles. The summed E-state index contributed by atoms with van der Waals surface area (Å²) in [4.78, 5) is 10.2. The Hall–Kier alpha value is -0.610. The zero-order valence-corrected chi connectivity index (χ0v) is 5.04. The third-order valence-electron chi connectivity index (χ3n) is 1.27. The molecule has 1 heterocycles. The van der Waals surface area contributed by atoms with E-state index in [1.165, 1.54) is 0 Å². The quantitative estimate of drug-likeness (QED) is 0.450. The van der Waals surface area contributed by atoms with Crippen molar-refractivity contribution in [2.24, 2.45) is 0 Å². The van der Waals surface area contributed by atoms with Crippen molar-refractivity contribution in [2.45, 2.75) is 12.6 Å². The minimum Gasteiger partial charge on any atom is -0.475 e. The Bertz CT molecular complexity index is 109. The standard InChI is InChI=1S/C5H9NO3/c7-5(8)4-6-2-1-3-9-4/h4,6H,1-3H2,(H,7,8)/p+1. The zero-order valence-electron chi connectivity index (χ0n) is 5.04. The van der Waals surface area contributed by atoms with Crippen LogP contribution in [0.4, 0.5) is 0 Å². The maximum Gasteiger partial charge on any atom is 0.392 e. The van der Waals surface area contributed by atoms with Gasteiger partial charge in [0.1, 0.15) is 0 Å². The number of carbonyl (C=O) groups is 1. The number of rotatable bonds is 1. The summed E-state index contributed by atoms with van der Waals surface area (Å²) >= 11 is 0. The number of hydrogen-bond acceptors (Lipinski definition) is 2. The lowest BCUT2D eigenvalue weighted by atomic mass is 10.4. The first kappa shape index (κ1) is 6.51. The average molecular weight is 132 g/mol. The molecule has 4 nitrogen and oxygen atoms in total. The molecule has 0 aliphatic carbocycles. The summed E-state index contributed by atoms with van der Waals surface area (Å²) in [6, 6.07) is 0. The van der Waals surface area contributed by atoms with Crippen LogP contribution < -0.4 is 5.32 Å². The van der Waals surface area contributed by atoms with Gasteiger partial charge >= 0.3 is 5.97 Å². The van der Waals surface area contributed by atoms with Gasteiger partial charge in [0.2, 0.25) is 0 Å². The van der Waals surface area contributed by atoms with E-state index >= 15 is 0 Å². The van der Waals surface area contributed by atoms with Gasteiger partial charge in [0.15, 0.2) is 0 Å². The molecule has 52 valence electrons. The molecule has 4 heteroatoms. The number of ether oxygens (including phenoxy) is 1. The van der Waals surface area contributed by atoms with Gasteiger partial charge in [0, 0.05) is 6.42 Å². The number of hydrogen-bond donors (Lipinski definition) is 2. The molecule has 0 amide bonds. The summed E-state index contributed by atoms with van der Waals surface area (Å²) in [6.07, 6.45) is 0.294. The van der Waals surface area contributed by atoms with Crippen molar-refractivity contribution in [3.8, 4) is 0 Å². The summed E-state index contributed by atoms with van der Waals surface area (Å²) < 4.78 is 4.88. The predicted octanol–water partition coefficient (Wildman–Crippen LogP) is -1.62. The first-order chi connectivity index (χ1) is 4.30. The van der Waals surface area contributed by atoms with E-state index in [-0.39, 0.29) is 0 Å². The van der Waals surface area contributed by atoms with E-state index in [1.54, 1.807) is 5.32 Å². The van der Waals surface area contributed by atoms with E-state index in [4.69, 9.17) is 9.84 Å². The van der Waals surface area contributed by atoms with Gasteiger partial charge in [-0.25, -0.2) is 4.79 Å². The molecular weight excluding hydrogens is 122 g/mol. The van der Waals surface area contributed by atoms with E-state index in [1.807, 2.05) is 0 Å². The number of carboxylic acids is 1. The highest BCUT2D eigenvalue weighted by atomic mass is 16.5. The largest absolute Gasteiger partial charge is 0.475 e. The molecule has 0 spiro atoms. The van der Waals surface area contributed by atoms with E-state index < -0.39 is 12.2 Å². The molecular formula is C5H10NO3+. The fraction of sp³-hybridized carbons (Fsp3) is 0.800. The number of carboxylic acid groups (broad SMARTS) is 1. The topological polar surface area (TPSA) is 63.1 Å². The van der Waals surface area contributed by atoms with Crippen LogP contribution in [0.15, 0.2) is 0 Å². The van der Waals surface area contributed by atoms with Gasteiger partial charge in [-0.05, 0) is 0 Å². The second kappa shape index (κ2) is 2.80. The Kier molecular flexibility index (Phi) is 2.02. The van der Waals surface area contributed by atoms with Crippen LogP contribution in [0.25, 0.3) is 0 Å². The van der Waals surface area contributed by atoms with Crippen LogP contribution in [0.1, 0.15) is 6.42 Å². The van der Waals surface area contributed by atoms with E-state index in [0.717, 1.165) is 13.0 Å². The van der Waals surface area contributed by atoms with Gasteiger partial charge in [-0.15, -0.1) is 0 Å². The molecule has 3 N–H and O–H groups in total. The minimum absolute atomic E-state index is 0.577. The van der Waals surface area contributed by atoms with Crippen LogP contribution >= 0.6 is 0 Å². The monoisotopic (exact) mass is 132 g/mol. The van der Waals surface area contributed by atoms with Crippen molar-refractivity contribution in [1.82, 2.24) is 0 Å². The Morgan fingerprint density at radius 1 is 1.78 bits per heavy atom. The Morgan fingerprint density at radius 2 is 2.56 bits per heavy atom. The number of nitrogens with two attached hydrogens (primary N) is 1. The SMILES string of the molecule is O=C(O)C1[NH2+]CCCO1. The zero-order chi connectivity index (χ0) is 6.69. The van der Waals surface area contributed by atoms with Crippen LogP contribution in [0.2, 0.25) is 0 Å². The normalized spacial score (nSPS) is 27.8. The van der Waals surface area contributed by atoms with Gasteiger partial charge in [0.25, 0.3) is 6.23 Å². The van der Waals surface area contributed by atoms with Gasteiger partial charge in [-0.1, -0.05) is 0 Å². The van der Waals surface area contributed by atoms with Crippen molar-refractivity contribution >= 4 is 5.97 Å². The highest BCUT2D eigenvalue weighted by Crippen LogP contribution is 1.88. The molecule has 1 atom stereocenters. The van der Waals surface area contributed by atoms with E-state index in [2.05, 4.69) is 0 Å². The summed E-state index contributed by atoms with van der Waals surface area (Å²) in [5.41, 5.74) is 0. The van der Waals surface area contributed by atoms with E-state index in [9.17, 15) is 4.79 Å². The second-order valence-electron chi connectivity index (χ2n) is 2.01. The minimum atomic E-state index is -0.880. The maximum atomic E-state index is 10.2. The fourth-order valence-electron chi connectivity index (χ4n) is 0.803. The predicted molar refractivity (Wildman–Crippen MR) is 28.8 cm³/mol. The highest BCUT2D eigenvalue weighted by Gasteiger charge is 2.23. The summed E-state index contributed by atoms with van der Waals surface area (Å²) in [5, 5.41) is 10.1. The molecule has 0 aromatic heterocycles. The second-order valence-corrected chi connectivity index (χ2v) is 2.01. The van der Waals surface area contributed by atoms with Crippen LogP contribution in [0, 0.1) is 0 Å². The van der Waals surface area contributed by atoms with Crippen molar-refractivity contribution in [3.05, 3.63) is 0 Å². The molecule has 1 aliphatic rings. The summed E-state index contributed by atoms with van der Waals surface area (Å²) in [7, 11) is 0. The molecule has 1 rings (SSSR count). The molecule has 1 fully saturated rings. The van der Waals surface area contributed by atoms with Crippen LogP contribution in [-0.4, -0.2) is 30.5 Å². The molecule has 1 unspecified atom stereocenters. The van der Waals surface area contributed by atoms with Gasteiger partial charge in [0.05, 0.1) is 13.2 Å². The van der Waals surface area contributed by atoms with Crippen molar-refractivity contribution in [2.75, 3.05) is 13.2 Å². The van der Waals surface area contributed by atoms with Crippen LogP contribution in [-0.2, 0) is 9.53 Å². The summed E-state index contributed by atoms with van der Waals surface area (Å²) in [5.74, 6) is -0.880. The van der Waals surface area contributed by atoms with Gasteiger partial charge < -0.3 is 15.2 Å². The number of aliphatic carboxylic acids is 1. The lowest BCUT2D eigenvalue weighted by molar-refractivity contribution is -0.726. The smallest absolute Gasteiger partial charge is 0.392 e. The Labute approximate surface area is 52.8 Å². The fourth-order valence-corrected chi connectivity index (χ4v) is 0.803. The van der Waals surface area contributed by atoms with Crippen LogP contribution in [0.3, 0.4) is 0 Å². The molecule has 0 saturated carbocycles. The highest BCUT2D eigenvalue weighted by molar-refractivity contribution is 5.70. The van der Waals surface area contributed by atoms with Gasteiger partial charge in [-0.3, -0.25) is 0 Å². The maximum absolute atomic E-state index is 10.2. The van der Waals surface area contributed by atoms with Gasteiger partial charge in [-0.2, -0.15) is 0 Å². The Balaban J connectivity index is 2.31. The molecule has 9 heavy (non-hydrogen) atoms. The average Bonchev–Trinajstić information content (AvgIpc) is 1.90. The third kappa shape index (κ3) is 1.65. The lowest BCUT2D eigenvalue weighted by Crippen LogP contribution is -2.94. The van der Waals surface area contributed by atoms with Crippen molar-refractivity contribution in [1.29, 1.82) is 0 Å². The molecule has 1 aliphatic heterocycles. The molecule has 1 saturated heterocycles. The first-order valence-electron chi connectivity index (χ1n) is 2.98.